The van der Waals surface area contributed by atoms with E-state index in [1.165, 1.54) is 12.1 Å². The van der Waals surface area contributed by atoms with Crippen molar-refractivity contribution in [2.24, 2.45) is 0 Å². The van der Waals surface area contributed by atoms with Crippen LogP contribution in [0.1, 0.15) is 11.1 Å². The van der Waals surface area contributed by atoms with Crippen LogP contribution < -0.4 is 15.4 Å². The van der Waals surface area contributed by atoms with Gasteiger partial charge in [-0.05, 0) is 29.8 Å². The van der Waals surface area contributed by atoms with Crippen LogP contribution in [-0.2, 0) is 12.7 Å². The molecule has 0 atom stereocenters. The first kappa shape index (κ1) is 20.9. The number of para-hydroxylation sites is 1. The number of aromatic nitrogens is 2. The molecule has 0 saturated carbocycles. The lowest BCUT2D eigenvalue weighted by molar-refractivity contribution is -0.137. The van der Waals surface area contributed by atoms with E-state index >= 15 is 0 Å². The largest absolute Gasteiger partial charge is 0.439 e. The van der Waals surface area contributed by atoms with Crippen LogP contribution in [0.25, 0.3) is 0 Å². The molecular weight excluding hydrogens is 407 g/mol. The lowest BCUT2D eigenvalue weighted by Gasteiger charge is -2.35. The summed E-state index contributed by atoms with van der Waals surface area (Å²) in [6.07, 6.45) is -4.31. The topological polar surface area (TPSA) is 67.5 Å². The number of ether oxygens (including phenoxy) is 1. The van der Waals surface area contributed by atoms with Crippen molar-refractivity contribution in [2.75, 3.05) is 36.8 Å². The Labute approximate surface area is 178 Å². The summed E-state index contributed by atoms with van der Waals surface area (Å²) in [5.74, 6) is 1.86. The van der Waals surface area contributed by atoms with Gasteiger partial charge in [-0.25, -0.2) is 0 Å². The molecule has 1 saturated heterocycles. The zero-order chi connectivity index (χ0) is 21.8. The van der Waals surface area contributed by atoms with Crippen LogP contribution in [0, 0.1) is 0 Å². The molecule has 2 heterocycles. The van der Waals surface area contributed by atoms with Gasteiger partial charge in [0.2, 0.25) is 11.8 Å². The number of halogens is 3. The maximum atomic E-state index is 12.7. The number of rotatable bonds is 5. The normalized spacial score (nSPS) is 15.1. The summed E-state index contributed by atoms with van der Waals surface area (Å²) < 4.78 is 43.9. The van der Waals surface area contributed by atoms with Gasteiger partial charge in [-0.2, -0.15) is 23.1 Å². The van der Waals surface area contributed by atoms with Gasteiger partial charge < -0.3 is 15.4 Å². The molecule has 1 aliphatic heterocycles. The van der Waals surface area contributed by atoms with Crippen molar-refractivity contribution < 1.29 is 17.9 Å². The SMILES string of the molecule is Nc1nc(Oc2ccccc2)cc(N2CCN(Cc3ccc(C(F)(F)F)cc3)CC2)n1. The standard InChI is InChI=1S/C22H22F3N5O/c23-22(24,25)17-8-6-16(7-9-17)15-29-10-12-30(13-11-29)19-14-20(28-21(26)27-19)31-18-4-2-1-3-5-18/h1-9,14H,10-13,15H2,(H2,26,27,28). The second-order valence-corrected chi connectivity index (χ2v) is 7.30. The first-order valence-corrected chi connectivity index (χ1v) is 9.88. The molecule has 0 spiro atoms. The Balaban J connectivity index is 1.36. The smallest absolute Gasteiger partial charge is 0.416 e. The maximum absolute atomic E-state index is 12.7. The second kappa shape index (κ2) is 8.81. The average Bonchev–Trinajstić information content (AvgIpc) is 2.74. The van der Waals surface area contributed by atoms with E-state index < -0.39 is 11.7 Å². The van der Waals surface area contributed by atoms with Crippen LogP contribution in [0.5, 0.6) is 11.6 Å². The molecule has 9 heteroatoms. The van der Waals surface area contributed by atoms with Gasteiger partial charge in [-0.15, -0.1) is 0 Å². The summed E-state index contributed by atoms with van der Waals surface area (Å²) >= 11 is 0. The van der Waals surface area contributed by atoms with Gasteiger partial charge in [-0.1, -0.05) is 30.3 Å². The highest BCUT2D eigenvalue weighted by Crippen LogP contribution is 2.29. The number of nitrogens with zero attached hydrogens (tertiary/aromatic N) is 4. The first-order chi connectivity index (χ1) is 14.9. The summed E-state index contributed by atoms with van der Waals surface area (Å²) in [6, 6.07) is 16.4. The van der Waals surface area contributed by atoms with Crippen molar-refractivity contribution in [3.8, 4) is 11.6 Å². The molecule has 0 radical (unpaired) electrons. The second-order valence-electron chi connectivity index (χ2n) is 7.30. The quantitative estimate of drug-likeness (QED) is 0.656. The predicted molar refractivity (Wildman–Crippen MR) is 112 cm³/mol. The zero-order valence-corrected chi connectivity index (χ0v) is 16.7. The lowest BCUT2D eigenvalue weighted by atomic mass is 10.1. The number of hydrogen-bond donors (Lipinski definition) is 1. The molecule has 4 rings (SSSR count). The van der Waals surface area contributed by atoms with E-state index in [0.717, 1.165) is 30.8 Å². The van der Waals surface area contributed by atoms with E-state index in [0.29, 0.717) is 37.1 Å². The number of hydrogen-bond acceptors (Lipinski definition) is 6. The highest BCUT2D eigenvalue weighted by Gasteiger charge is 2.30. The molecule has 0 bridgehead atoms. The number of nitrogen functional groups attached to an aromatic ring is 1. The van der Waals surface area contributed by atoms with Crippen LogP contribution in [0.2, 0.25) is 0 Å². The van der Waals surface area contributed by atoms with Gasteiger partial charge in [0, 0.05) is 38.8 Å². The van der Waals surface area contributed by atoms with E-state index in [4.69, 9.17) is 10.5 Å². The number of alkyl halides is 3. The van der Waals surface area contributed by atoms with Gasteiger partial charge >= 0.3 is 6.18 Å². The molecular formula is C22H22F3N5O. The monoisotopic (exact) mass is 429 g/mol. The third-order valence-corrected chi connectivity index (χ3v) is 5.06. The van der Waals surface area contributed by atoms with Crippen LogP contribution in [0.3, 0.4) is 0 Å². The minimum absolute atomic E-state index is 0.135. The van der Waals surface area contributed by atoms with Gasteiger partial charge in [0.1, 0.15) is 11.6 Å². The fraction of sp³-hybridized carbons (Fsp3) is 0.273. The Morgan fingerprint density at radius 3 is 2.23 bits per heavy atom. The predicted octanol–water partition coefficient (Wildman–Crippen LogP) is 4.19. The van der Waals surface area contributed by atoms with Crippen molar-refractivity contribution >= 4 is 11.8 Å². The van der Waals surface area contributed by atoms with E-state index in [9.17, 15) is 13.2 Å². The Hall–Kier alpha value is -3.33. The molecule has 6 nitrogen and oxygen atoms in total. The average molecular weight is 429 g/mol. The van der Waals surface area contributed by atoms with E-state index in [1.807, 2.05) is 30.3 Å². The fourth-order valence-corrected chi connectivity index (χ4v) is 3.45. The number of piperazine rings is 1. The number of anilines is 2. The highest BCUT2D eigenvalue weighted by atomic mass is 19.4. The van der Waals surface area contributed by atoms with Gasteiger partial charge in [0.25, 0.3) is 0 Å². The molecule has 31 heavy (non-hydrogen) atoms. The van der Waals surface area contributed by atoms with Gasteiger partial charge in [-0.3, -0.25) is 4.90 Å². The van der Waals surface area contributed by atoms with E-state index in [1.54, 1.807) is 6.07 Å². The zero-order valence-electron chi connectivity index (χ0n) is 16.7. The van der Waals surface area contributed by atoms with Gasteiger partial charge in [0.15, 0.2) is 0 Å². The molecule has 2 aromatic carbocycles. The van der Waals surface area contributed by atoms with Crippen molar-refractivity contribution in [1.29, 1.82) is 0 Å². The summed E-state index contributed by atoms with van der Waals surface area (Å²) in [5, 5.41) is 0. The van der Waals surface area contributed by atoms with Crippen LogP contribution in [-0.4, -0.2) is 41.0 Å². The molecule has 0 unspecified atom stereocenters. The molecule has 2 N–H and O–H groups in total. The van der Waals surface area contributed by atoms with E-state index in [2.05, 4.69) is 19.8 Å². The minimum atomic E-state index is -4.31. The Bertz CT molecular complexity index is 1000. The minimum Gasteiger partial charge on any atom is -0.439 e. The highest BCUT2D eigenvalue weighted by molar-refractivity contribution is 5.47. The number of nitrogens with two attached hydrogens (primary N) is 1. The van der Waals surface area contributed by atoms with Gasteiger partial charge in [0.05, 0.1) is 5.56 Å². The molecule has 0 aliphatic carbocycles. The molecule has 0 amide bonds. The third kappa shape index (κ3) is 5.43. The number of benzene rings is 2. The molecule has 1 fully saturated rings. The molecule has 3 aromatic rings. The van der Waals surface area contributed by atoms with Crippen molar-refractivity contribution in [3.05, 3.63) is 71.8 Å². The van der Waals surface area contributed by atoms with Crippen LogP contribution in [0.4, 0.5) is 24.9 Å². The Morgan fingerprint density at radius 1 is 0.903 bits per heavy atom. The Morgan fingerprint density at radius 2 is 1.58 bits per heavy atom. The van der Waals surface area contributed by atoms with Crippen LogP contribution in [0.15, 0.2) is 60.7 Å². The Kier molecular flexibility index (Phi) is 5.94. The first-order valence-electron chi connectivity index (χ1n) is 9.88. The van der Waals surface area contributed by atoms with Crippen molar-refractivity contribution in [1.82, 2.24) is 14.9 Å². The summed E-state index contributed by atoms with van der Waals surface area (Å²) in [7, 11) is 0. The third-order valence-electron chi connectivity index (χ3n) is 5.06. The van der Waals surface area contributed by atoms with Crippen molar-refractivity contribution in [2.45, 2.75) is 12.7 Å². The molecule has 162 valence electrons. The van der Waals surface area contributed by atoms with Crippen molar-refractivity contribution in [3.63, 3.8) is 0 Å². The molecule has 1 aliphatic rings. The fourth-order valence-electron chi connectivity index (χ4n) is 3.45. The van der Waals surface area contributed by atoms with Crippen LogP contribution >= 0.6 is 0 Å². The molecule has 1 aromatic heterocycles. The van der Waals surface area contributed by atoms with E-state index in [-0.39, 0.29) is 5.95 Å². The summed E-state index contributed by atoms with van der Waals surface area (Å²) in [4.78, 5) is 12.8. The lowest BCUT2D eigenvalue weighted by Crippen LogP contribution is -2.46. The summed E-state index contributed by atoms with van der Waals surface area (Å²) in [5.41, 5.74) is 6.10. The maximum Gasteiger partial charge on any atom is 0.416 e. The summed E-state index contributed by atoms with van der Waals surface area (Å²) in [6.45, 7) is 3.52.